The third-order valence-corrected chi connectivity index (χ3v) is 6.52. The first-order chi connectivity index (χ1) is 12.0. The van der Waals surface area contributed by atoms with E-state index >= 15 is 0 Å². The lowest BCUT2D eigenvalue weighted by Crippen LogP contribution is -2.49. The minimum absolute atomic E-state index is 0.0528. The predicted octanol–water partition coefficient (Wildman–Crippen LogP) is 1.26. The average molecular weight is 365 g/mol. The van der Waals surface area contributed by atoms with Crippen molar-refractivity contribution in [2.45, 2.75) is 43.5 Å². The Kier molecular flexibility index (Phi) is 5.76. The van der Waals surface area contributed by atoms with E-state index in [0.29, 0.717) is 13.1 Å². The molecule has 3 rings (SSSR count). The molecule has 2 atom stereocenters. The summed E-state index contributed by atoms with van der Waals surface area (Å²) in [5.41, 5.74) is 1.03. The molecule has 0 aromatic heterocycles. The van der Waals surface area contributed by atoms with E-state index in [2.05, 4.69) is 10.0 Å². The summed E-state index contributed by atoms with van der Waals surface area (Å²) in [5.74, 6) is 0.336. The molecule has 1 aromatic rings. The fourth-order valence-electron chi connectivity index (χ4n) is 3.58. The zero-order chi connectivity index (χ0) is 17.9. The number of rotatable bonds is 5. The van der Waals surface area contributed by atoms with E-state index < -0.39 is 10.0 Å². The van der Waals surface area contributed by atoms with Gasteiger partial charge in [0.25, 0.3) is 0 Å². The molecular weight excluding hydrogens is 338 g/mol. The molecule has 2 fully saturated rings. The van der Waals surface area contributed by atoms with Gasteiger partial charge in [-0.25, -0.2) is 13.1 Å². The Balaban J connectivity index is 1.55. The number of amides is 1. The van der Waals surface area contributed by atoms with Crippen molar-refractivity contribution in [3.05, 3.63) is 29.8 Å². The number of likely N-dealkylation sites (tertiary alicyclic amines) is 1. The van der Waals surface area contributed by atoms with Crippen LogP contribution in [0.15, 0.2) is 29.2 Å². The van der Waals surface area contributed by atoms with Crippen molar-refractivity contribution >= 4 is 15.9 Å². The van der Waals surface area contributed by atoms with Gasteiger partial charge in [-0.2, -0.15) is 0 Å². The van der Waals surface area contributed by atoms with Crippen LogP contribution in [0.2, 0.25) is 0 Å². The highest BCUT2D eigenvalue weighted by Crippen LogP contribution is 2.19. The van der Waals surface area contributed by atoms with Gasteiger partial charge in [-0.15, -0.1) is 0 Å². The number of carbonyl (C=O) groups excluding carboxylic acids is 1. The van der Waals surface area contributed by atoms with Crippen LogP contribution in [0.5, 0.6) is 0 Å². The summed E-state index contributed by atoms with van der Waals surface area (Å²) in [6.07, 6.45) is 3.82. The zero-order valence-corrected chi connectivity index (χ0v) is 15.5. The van der Waals surface area contributed by atoms with Gasteiger partial charge in [-0.05, 0) is 57.2 Å². The van der Waals surface area contributed by atoms with Gasteiger partial charge in [0.05, 0.1) is 10.9 Å². The van der Waals surface area contributed by atoms with Crippen LogP contribution < -0.4 is 10.0 Å². The minimum atomic E-state index is -3.50. The molecule has 1 amide bonds. The fourth-order valence-corrected chi connectivity index (χ4v) is 4.69. The van der Waals surface area contributed by atoms with E-state index in [-0.39, 0.29) is 22.8 Å². The maximum absolute atomic E-state index is 12.5. The maximum atomic E-state index is 12.5. The first-order valence-electron chi connectivity index (χ1n) is 9.04. The second-order valence-electron chi connectivity index (χ2n) is 7.11. The van der Waals surface area contributed by atoms with Crippen molar-refractivity contribution in [1.29, 1.82) is 0 Å². The van der Waals surface area contributed by atoms with Crippen LogP contribution in [-0.4, -0.2) is 51.4 Å². The molecule has 2 heterocycles. The fraction of sp³-hybridized carbons (Fsp3) is 0.611. The van der Waals surface area contributed by atoms with Crippen molar-refractivity contribution in [3.8, 4) is 0 Å². The first-order valence-corrected chi connectivity index (χ1v) is 10.5. The van der Waals surface area contributed by atoms with Crippen LogP contribution in [0.3, 0.4) is 0 Å². The molecule has 1 aromatic carbocycles. The van der Waals surface area contributed by atoms with Crippen LogP contribution in [-0.2, 0) is 14.8 Å². The molecule has 0 aliphatic carbocycles. The largest absolute Gasteiger partial charge is 0.341 e. The second kappa shape index (κ2) is 7.85. The Morgan fingerprint density at radius 1 is 1.24 bits per heavy atom. The average Bonchev–Trinajstić information content (AvgIpc) is 3.15. The quantitative estimate of drug-likeness (QED) is 0.824. The van der Waals surface area contributed by atoms with Crippen LogP contribution in [0.1, 0.15) is 31.2 Å². The number of carbonyl (C=O) groups is 1. The van der Waals surface area contributed by atoms with Crippen LogP contribution >= 0.6 is 0 Å². The van der Waals surface area contributed by atoms with Crippen LogP contribution in [0.25, 0.3) is 0 Å². The normalized spacial score (nSPS) is 24.4. The predicted molar refractivity (Wildman–Crippen MR) is 96.7 cm³/mol. The molecule has 138 valence electrons. The second-order valence-corrected chi connectivity index (χ2v) is 8.87. The number of aryl methyl sites for hydroxylation is 1. The van der Waals surface area contributed by atoms with Gasteiger partial charge in [0.15, 0.2) is 0 Å². The van der Waals surface area contributed by atoms with Gasteiger partial charge in [0, 0.05) is 19.6 Å². The Hall–Kier alpha value is -1.44. The molecule has 0 spiro atoms. The lowest BCUT2D eigenvalue weighted by molar-refractivity contribution is -0.134. The summed E-state index contributed by atoms with van der Waals surface area (Å²) in [6.45, 7) is 4.62. The molecule has 2 unspecified atom stereocenters. The van der Waals surface area contributed by atoms with Gasteiger partial charge >= 0.3 is 0 Å². The summed E-state index contributed by atoms with van der Waals surface area (Å²) in [5, 5.41) is 3.25. The lowest BCUT2D eigenvalue weighted by atomic mass is 9.97. The Bertz CT molecular complexity index is 697. The number of hydrogen-bond donors (Lipinski definition) is 2. The molecular formula is C18H27N3O3S. The molecule has 6 nitrogen and oxygen atoms in total. The Morgan fingerprint density at radius 3 is 2.68 bits per heavy atom. The van der Waals surface area contributed by atoms with Crippen LogP contribution in [0, 0.1) is 12.8 Å². The third kappa shape index (κ3) is 4.59. The number of nitrogens with zero attached hydrogens (tertiary/aromatic N) is 1. The lowest BCUT2D eigenvalue weighted by Gasteiger charge is -2.34. The molecule has 7 heteroatoms. The van der Waals surface area contributed by atoms with Crippen molar-refractivity contribution < 1.29 is 13.2 Å². The number of piperidine rings is 1. The zero-order valence-electron chi connectivity index (χ0n) is 14.7. The number of sulfonamides is 1. The van der Waals surface area contributed by atoms with Crippen molar-refractivity contribution in [2.75, 3.05) is 26.2 Å². The monoisotopic (exact) mass is 365 g/mol. The van der Waals surface area contributed by atoms with Crippen LogP contribution in [0.4, 0.5) is 0 Å². The molecule has 0 bridgehead atoms. The van der Waals surface area contributed by atoms with E-state index in [1.807, 2.05) is 11.8 Å². The molecule has 2 aliphatic heterocycles. The van der Waals surface area contributed by atoms with Gasteiger partial charge in [-0.1, -0.05) is 17.7 Å². The molecule has 0 radical (unpaired) electrons. The molecule has 2 saturated heterocycles. The highest BCUT2D eigenvalue weighted by molar-refractivity contribution is 7.89. The molecule has 25 heavy (non-hydrogen) atoms. The van der Waals surface area contributed by atoms with Gasteiger partial charge in [0.2, 0.25) is 15.9 Å². The maximum Gasteiger partial charge on any atom is 0.240 e. The van der Waals surface area contributed by atoms with E-state index in [1.165, 1.54) is 0 Å². The molecule has 2 N–H and O–H groups in total. The van der Waals surface area contributed by atoms with E-state index in [4.69, 9.17) is 0 Å². The summed E-state index contributed by atoms with van der Waals surface area (Å²) in [4.78, 5) is 14.7. The Labute approximate surface area is 150 Å². The van der Waals surface area contributed by atoms with Gasteiger partial charge in [0.1, 0.15) is 0 Å². The van der Waals surface area contributed by atoms with E-state index in [1.54, 1.807) is 24.3 Å². The SMILES string of the molecule is Cc1ccc(S(=O)(=O)NCC2CCCN(C(=O)C3CCCN3)C2)cc1. The number of benzene rings is 1. The van der Waals surface area contributed by atoms with E-state index in [0.717, 1.165) is 44.3 Å². The Morgan fingerprint density at radius 2 is 2.00 bits per heavy atom. The highest BCUT2D eigenvalue weighted by Gasteiger charge is 2.30. The smallest absolute Gasteiger partial charge is 0.240 e. The summed E-state index contributed by atoms with van der Waals surface area (Å²) in [7, 11) is -3.50. The van der Waals surface area contributed by atoms with Crippen molar-refractivity contribution in [2.24, 2.45) is 5.92 Å². The standard InChI is InChI=1S/C18H27N3O3S/c1-14-6-8-16(9-7-14)25(23,24)20-12-15-4-3-11-21(13-15)18(22)17-5-2-10-19-17/h6-9,15,17,19-20H,2-5,10-13H2,1H3. The highest BCUT2D eigenvalue weighted by atomic mass is 32.2. The minimum Gasteiger partial charge on any atom is -0.341 e. The van der Waals surface area contributed by atoms with E-state index in [9.17, 15) is 13.2 Å². The number of nitrogens with one attached hydrogen (secondary N) is 2. The first kappa shape index (κ1) is 18.4. The molecule has 2 aliphatic rings. The van der Waals surface area contributed by atoms with Gasteiger partial charge < -0.3 is 10.2 Å². The molecule has 0 saturated carbocycles. The van der Waals surface area contributed by atoms with Crippen molar-refractivity contribution in [1.82, 2.24) is 14.9 Å². The summed E-state index contributed by atoms with van der Waals surface area (Å²) < 4.78 is 27.5. The number of hydrogen-bond acceptors (Lipinski definition) is 4. The van der Waals surface area contributed by atoms with Crippen molar-refractivity contribution in [3.63, 3.8) is 0 Å². The third-order valence-electron chi connectivity index (χ3n) is 5.08. The topological polar surface area (TPSA) is 78.5 Å². The summed E-state index contributed by atoms with van der Waals surface area (Å²) >= 11 is 0. The summed E-state index contributed by atoms with van der Waals surface area (Å²) in [6, 6.07) is 6.79. The van der Waals surface area contributed by atoms with Gasteiger partial charge in [-0.3, -0.25) is 4.79 Å².